The second-order valence-corrected chi connectivity index (χ2v) is 7.21. The van der Waals surface area contributed by atoms with Crippen LogP contribution in [0.5, 0.6) is 0 Å². The molecule has 3 aromatic rings. The van der Waals surface area contributed by atoms with Gasteiger partial charge in [-0.1, -0.05) is 43.8 Å². The summed E-state index contributed by atoms with van der Waals surface area (Å²) in [4.78, 5) is 32.2. The summed E-state index contributed by atoms with van der Waals surface area (Å²) in [5.41, 5.74) is 1.55. The number of rotatable bonds is 6. The van der Waals surface area contributed by atoms with Gasteiger partial charge in [0.15, 0.2) is 5.65 Å². The molecule has 0 saturated carbocycles. The number of hydrogen-bond acceptors (Lipinski definition) is 6. The third-order valence-electron chi connectivity index (χ3n) is 3.59. The molecule has 0 fully saturated rings. The number of nitrogens with one attached hydrogen (secondary N) is 2. The number of hydrogen-bond donors (Lipinski definition) is 2. The summed E-state index contributed by atoms with van der Waals surface area (Å²) < 4.78 is 1.72. The molecule has 0 aliphatic heterocycles. The Morgan fingerprint density at radius 1 is 1.19 bits per heavy atom. The van der Waals surface area contributed by atoms with Crippen LogP contribution >= 0.6 is 11.8 Å². The molecule has 27 heavy (non-hydrogen) atoms. The van der Waals surface area contributed by atoms with Gasteiger partial charge in [0.2, 0.25) is 5.91 Å². The van der Waals surface area contributed by atoms with Crippen LogP contribution in [0.2, 0.25) is 0 Å². The maximum absolute atomic E-state index is 12.0. The van der Waals surface area contributed by atoms with E-state index in [-0.39, 0.29) is 11.7 Å². The van der Waals surface area contributed by atoms with Gasteiger partial charge in [0, 0.05) is 6.54 Å². The van der Waals surface area contributed by atoms with Crippen LogP contribution < -0.4 is 10.6 Å². The van der Waals surface area contributed by atoms with E-state index in [2.05, 4.69) is 25.7 Å². The number of thioether (sulfide) groups is 1. The molecule has 0 bridgehead atoms. The molecule has 3 amide bonds. The smallest absolute Gasteiger partial charge is 0.321 e. The highest BCUT2D eigenvalue weighted by molar-refractivity contribution is 8.00. The van der Waals surface area contributed by atoms with E-state index in [1.807, 2.05) is 44.2 Å². The molecule has 9 heteroatoms. The van der Waals surface area contributed by atoms with E-state index in [9.17, 15) is 9.59 Å². The van der Waals surface area contributed by atoms with Crippen molar-refractivity contribution in [2.45, 2.75) is 18.9 Å². The van der Waals surface area contributed by atoms with Gasteiger partial charge in [-0.3, -0.25) is 10.1 Å². The van der Waals surface area contributed by atoms with Crippen LogP contribution in [0.4, 0.5) is 4.79 Å². The zero-order chi connectivity index (χ0) is 19.2. The van der Waals surface area contributed by atoms with Crippen molar-refractivity contribution in [3.8, 4) is 5.69 Å². The van der Waals surface area contributed by atoms with Crippen molar-refractivity contribution in [1.29, 1.82) is 0 Å². The molecule has 3 rings (SSSR count). The first-order valence-corrected chi connectivity index (χ1v) is 9.48. The Morgan fingerprint density at radius 3 is 2.70 bits per heavy atom. The summed E-state index contributed by atoms with van der Waals surface area (Å²) in [5, 5.41) is 10.7. The van der Waals surface area contributed by atoms with Crippen LogP contribution in [0.1, 0.15) is 13.8 Å². The summed E-state index contributed by atoms with van der Waals surface area (Å²) in [6.07, 6.45) is 3.12. The first kappa shape index (κ1) is 18.8. The van der Waals surface area contributed by atoms with Crippen molar-refractivity contribution in [1.82, 2.24) is 30.4 Å². The Labute approximate surface area is 160 Å². The largest absolute Gasteiger partial charge is 0.338 e. The molecule has 0 aliphatic carbocycles. The molecule has 2 aromatic heterocycles. The van der Waals surface area contributed by atoms with Gasteiger partial charge in [-0.25, -0.2) is 19.4 Å². The second kappa shape index (κ2) is 8.63. The van der Waals surface area contributed by atoms with Gasteiger partial charge in [0.25, 0.3) is 0 Å². The van der Waals surface area contributed by atoms with Crippen LogP contribution in [0, 0.1) is 5.92 Å². The van der Waals surface area contributed by atoms with Gasteiger partial charge in [0.1, 0.15) is 11.4 Å². The molecule has 2 N–H and O–H groups in total. The van der Waals surface area contributed by atoms with Crippen LogP contribution in [0.15, 0.2) is 47.9 Å². The van der Waals surface area contributed by atoms with Crippen molar-refractivity contribution in [2.24, 2.45) is 5.92 Å². The van der Waals surface area contributed by atoms with E-state index in [0.717, 1.165) is 11.1 Å². The molecule has 140 valence electrons. The molecule has 0 unspecified atom stereocenters. The van der Waals surface area contributed by atoms with E-state index in [1.165, 1.54) is 18.1 Å². The third-order valence-corrected chi connectivity index (χ3v) is 4.60. The van der Waals surface area contributed by atoms with E-state index in [0.29, 0.717) is 23.1 Å². The van der Waals surface area contributed by atoms with Gasteiger partial charge < -0.3 is 5.32 Å². The van der Waals surface area contributed by atoms with Gasteiger partial charge in [-0.15, -0.1) is 0 Å². The van der Waals surface area contributed by atoms with Crippen molar-refractivity contribution in [2.75, 3.05) is 12.3 Å². The number of fused-ring (bicyclic) bond motifs is 1. The Bertz CT molecular complexity index is 941. The highest BCUT2D eigenvalue weighted by atomic mass is 32.2. The Hall–Kier alpha value is -2.94. The summed E-state index contributed by atoms with van der Waals surface area (Å²) in [5.74, 6) is -0.00304. The summed E-state index contributed by atoms with van der Waals surface area (Å²) in [6, 6.07) is 9.17. The fourth-order valence-electron chi connectivity index (χ4n) is 2.33. The SMILES string of the molecule is CC(C)CNC(=O)NC(=O)CSc1ncnc2c1cnn2-c1ccccc1. The average molecular weight is 384 g/mol. The molecule has 0 radical (unpaired) electrons. The lowest BCUT2D eigenvalue weighted by atomic mass is 10.2. The minimum atomic E-state index is -0.487. The molecule has 0 saturated heterocycles. The average Bonchev–Trinajstić information content (AvgIpc) is 3.10. The van der Waals surface area contributed by atoms with Crippen LogP contribution in [0.25, 0.3) is 16.7 Å². The fraction of sp³-hybridized carbons (Fsp3) is 0.278. The quantitative estimate of drug-likeness (QED) is 0.500. The maximum atomic E-state index is 12.0. The first-order chi connectivity index (χ1) is 13.0. The van der Waals surface area contributed by atoms with E-state index in [1.54, 1.807) is 10.9 Å². The molecule has 1 aromatic carbocycles. The lowest BCUT2D eigenvalue weighted by molar-refractivity contribution is -0.117. The molecule has 0 aliphatic rings. The number of imide groups is 1. The zero-order valence-corrected chi connectivity index (χ0v) is 15.9. The van der Waals surface area contributed by atoms with Crippen LogP contribution in [0.3, 0.4) is 0 Å². The lowest BCUT2D eigenvalue weighted by Crippen LogP contribution is -2.41. The predicted molar refractivity (Wildman–Crippen MR) is 104 cm³/mol. The van der Waals surface area contributed by atoms with Gasteiger partial charge in [-0.05, 0) is 18.1 Å². The number of carbonyl (C=O) groups excluding carboxylic acids is 2. The number of para-hydroxylation sites is 1. The van der Waals surface area contributed by atoms with E-state index in [4.69, 9.17) is 0 Å². The Balaban J connectivity index is 1.67. The van der Waals surface area contributed by atoms with Gasteiger partial charge in [0.05, 0.1) is 23.0 Å². The number of benzene rings is 1. The van der Waals surface area contributed by atoms with Crippen molar-refractivity contribution < 1.29 is 9.59 Å². The molecule has 0 spiro atoms. The van der Waals surface area contributed by atoms with E-state index < -0.39 is 6.03 Å². The highest BCUT2D eigenvalue weighted by Crippen LogP contribution is 2.25. The molecule has 2 heterocycles. The summed E-state index contributed by atoms with van der Waals surface area (Å²) >= 11 is 1.24. The zero-order valence-electron chi connectivity index (χ0n) is 15.0. The minimum Gasteiger partial charge on any atom is -0.338 e. The molecular formula is C18H20N6O2S. The number of nitrogens with zero attached hydrogens (tertiary/aromatic N) is 4. The Morgan fingerprint density at radius 2 is 1.96 bits per heavy atom. The normalized spacial score (nSPS) is 10.9. The standard InChI is InChI=1S/C18H20N6O2S/c1-12(2)8-19-18(26)23-15(25)10-27-17-14-9-22-24(16(14)20-11-21-17)13-6-4-3-5-7-13/h3-7,9,11-12H,8,10H2,1-2H3,(H2,19,23,25,26). The number of urea groups is 1. The number of aromatic nitrogens is 4. The first-order valence-electron chi connectivity index (χ1n) is 8.49. The van der Waals surface area contributed by atoms with Crippen molar-refractivity contribution >= 4 is 34.7 Å². The van der Waals surface area contributed by atoms with Crippen molar-refractivity contribution in [3.05, 3.63) is 42.9 Å². The monoisotopic (exact) mass is 384 g/mol. The second-order valence-electron chi connectivity index (χ2n) is 6.25. The summed E-state index contributed by atoms with van der Waals surface area (Å²) in [7, 11) is 0. The minimum absolute atomic E-state index is 0.0672. The number of carbonyl (C=O) groups is 2. The lowest BCUT2D eigenvalue weighted by Gasteiger charge is -2.08. The van der Waals surface area contributed by atoms with Gasteiger partial charge in [-0.2, -0.15) is 5.10 Å². The predicted octanol–water partition coefficient (Wildman–Crippen LogP) is 2.39. The molecule has 8 nitrogen and oxygen atoms in total. The van der Waals surface area contributed by atoms with Crippen LogP contribution in [-0.4, -0.2) is 44.0 Å². The highest BCUT2D eigenvalue weighted by Gasteiger charge is 2.14. The van der Waals surface area contributed by atoms with Gasteiger partial charge >= 0.3 is 6.03 Å². The van der Waals surface area contributed by atoms with E-state index >= 15 is 0 Å². The maximum Gasteiger partial charge on any atom is 0.321 e. The third kappa shape index (κ3) is 4.82. The molecule has 0 atom stereocenters. The number of amides is 3. The van der Waals surface area contributed by atoms with Crippen molar-refractivity contribution in [3.63, 3.8) is 0 Å². The topological polar surface area (TPSA) is 102 Å². The molecular weight excluding hydrogens is 364 g/mol. The summed E-state index contributed by atoms with van der Waals surface area (Å²) in [6.45, 7) is 4.47. The Kier molecular flexibility index (Phi) is 6.02. The fourth-order valence-corrected chi connectivity index (χ4v) is 3.09. The van der Waals surface area contributed by atoms with Crippen LogP contribution in [-0.2, 0) is 4.79 Å².